The highest BCUT2D eigenvalue weighted by molar-refractivity contribution is 5.61. The molecule has 1 N–H and O–H groups in total. The van der Waals surface area contributed by atoms with E-state index in [1.165, 1.54) is 5.56 Å². The van der Waals surface area contributed by atoms with E-state index < -0.39 is 0 Å². The highest BCUT2D eigenvalue weighted by Gasteiger charge is 1.97. The fraction of sp³-hybridized carbons (Fsp3) is 0.167. The average molecular weight is 189 g/mol. The van der Waals surface area contributed by atoms with E-state index in [0.717, 1.165) is 11.3 Å². The first-order valence-corrected chi connectivity index (χ1v) is 4.48. The van der Waals surface area contributed by atoms with Gasteiger partial charge in [-0.2, -0.15) is 0 Å². The maximum Gasteiger partial charge on any atom is 0.0925 e. The molecule has 0 saturated carbocycles. The van der Waals surface area contributed by atoms with Crippen molar-refractivity contribution in [1.29, 1.82) is 0 Å². The van der Waals surface area contributed by atoms with Crippen LogP contribution in [-0.4, -0.2) is 6.61 Å². The molecule has 1 rings (SSSR count). The van der Waals surface area contributed by atoms with Gasteiger partial charge in [0.15, 0.2) is 0 Å². The van der Waals surface area contributed by atoms with Crippen molar-refractivity contribution in [2.75, 3.05) is 6.61 Å². The molecule has 14 heavy (non-hydrogen) atoms. The molecule has 0 unspecified atom stereocenters. The van der Waals surface area contributed by atoms with Gasteiger partial charge in [0.1, 0.15) is 0 Å². The van der Waals surface area contributed by atoms with Crippen molar-refractivity contribution in [3.05, 3.63) is 54.6 Å². The summed E-state index contributed by atoms with van der Waals surface area (Å²) < 4.78 is 0. The normalized spacial score (nSPS) is 9.50. The minimum atomic E-state index is 0.463. The van der Waals surface area contributed by atoms with Crippen LogP contribution in [0.2, 0.25) is 0 Å². The van der Waals surface area contributed by atoms with Gasteiger partial charge in [-0.05, 0) is 18.6 Å². The highest BCUT2D eigenvalue weighted by atomic mass is 16.6. The minimum absolute atomic E-state index is 0.463. The second-order valence-corrected chi connectivity index (χ2v) is 3.05. The van der Waals surface area contributed by atoms with Gasteiger partial charge >= 0.3 is 0 Å². The zero-order valence-corrected chi connectivity index (χ0v) is 8.42. The molecule has 0 aliphatic carbocycles. The van der Waals surface area contributed by atoms with Crippen LogP contribution in [0.5, 0.6) is 0 Å². The smallest absolute Gasteiger partial charge is 0.0925 e. The molecular weight excluding hydrogens is 174 g/mol. The molecule has 2 heteroatoms. The van der Waals surface area contributed by atoms with E-state index in [4.69, 9.17) is 4.84 Å². The Hall–Kier alpha value is -1.54. The first kappa shape index (κ1) is 10.5. The molecule has 0 fully saturated rings. The zero-order chi connectivity index (χ0) is 10.4. The Morgan fingerprint density at radius 3 is 3.00 bits per heavy atom. The van der Waals surface area contributed by atoms with Crippen molar-refractivity contribution in [1.82, 2.24) is 5.48 Å². The number of hydrogen-bond acceptors (Lipinski definition) is 2. The summed E-state index contributed by atoms with van der Waals surface area (Å²) in [5.74, 6) is 0. The average Bonchev–Trinajstić information content (AvgIpc) is 2.18. The molecule has 1 aromatic carbocycles. The Bertz CT molecular complexity index is 331. The molecule has 74 valence electrons. The summed E-state index contributed by atoms with van der Waals surface area (Å²) in [6.45, 7) is 9.92. The first-order chi connectivity index (χ1) is 6.74. The van der Waals surface area contributed by atoms with Crippen LogP contribution in [0.4, 0.5) is 0 Å². The van der Waals surface area contributed by atoms with Crippen LogP contribution >= 0.6 is 0 Å². The van der Waals surface area contributed by atoms with E-state index in [-0.39, 0.29) is 0 Å². The fourth-order valence-corrected chi connectivity index (χ4v) is 1.08. The van der Waals surface area contributed by atoms with Gasteiger partial charge in [0.25, 0.3) is 0 Å². The largest absolute Gasteiger partial charge is 0.272 e. The number of hydroxylamine groups is 1. The van der Waals surface area contributed by atoms with E-state index in [1.807, 2.05) is 31.2 Å². The lowest BCUT2D eigenvalue weighted by molar-refractivity contribution is 0.104. The maximum atomic E-state index is 5.07. The number of nitrogens with one attached hydrogen (secondary N) is 1. The summed E-state index contributed by atoms with van der Waals surface area (Å²) in [5.41, 5.74) is 5.76. The molecule has 0 saturated heterocycles. The lowest BCUT2D eigenvalue weighted by Crippen LogP contribution is -2.12. The van der Waals surface area contributed by atoms with E-state index in [0.29, 0.717) is 6.61 Å². The quantitative estimate of drug-likeness (QED) is 0.437. The van der Waals surface area contributed by atoms with Gasteiger partial charge in [0, 0.05) is 0 Å². The van der Waals surface area contributed by atoms with Crippen LogP contribution in [0.15, 0.2) is 43.5 Å². The second-order valence-electron chi connectivity index (χ2n) is 3.05. The predicted molar refractivity (Wildman–Crippen MR) is 59.5 cm³/mol. The van der Waals surface area contributed by atoms with Crippen molar-refractivity contribution in [3.63, 3.8) is 0 Å². The lowest BCUT2D eigenvalue weighted by atomic mass is 10.1. The van der Waals surface area contributed by atoms with Crippen molar-refractivity contribution in [2.45, 2.75) is 6.92 Å². The highest BCUT2D eigenvalue weighted by Crippen LogP contribution is 2.10. The Labute approximate surface area is 84.9 Å². The molecule has 2 nitrogen and oxygen atoms in total. The van der Waals surface area contributed by atoms with Gasteiger partial charge in [-0.3, -0.25) is 10.3 Å². The lowest BCUT2D eigenvalue weighted by Gasteiger charge is -2.08. The molecule has 0 radical (unpaired) electrons. The van der Waals surface area contributed by atoms with Gasteiger partial charge in [-0.15, -0.1) is 6.58 Å². The molecule has 0 aliphatic heterocycles. The molecule has 0 spiro atoms. The number of aryl methyl sites for hydroxylation is 1. The van der Waals surface area contributed by atoms with Crippen LogP contribution in [0.25, 0.3) is 5.70 Å². The predicted octanol–water partition coefficient (Wildman–Crippen LogP) is 2.67. The first-order valence-electron chi connectivity index (χ1n) is 4.48. The topological polar surface area (TPSA) is 21.3 Å². The van der Waals surface area contributed by atoms with Crippen LogP contribution in [0.3, 0.4) is 0 Å². The molecule has 0 heterocycles. The second kappa shape index (κ2) is 5.25. The fourth-order valence-electron chi connectivity index (χ4n) is 1.08. The third-order valence-electron chi connectivity index (χ3n) is 1.76. The zero-order valence-electron chi connectivity index (χ0n) is 8.42. The molecular formula is C12H15NO. The Morgan fingerprint density at radius 2 is 2.36 bits per heavy atom. The monoisotopic (exact) mass is 189 g/mol. The summed E-state index contributed by atoms with van der Waals surface area (Å²) in [6.07, 6.45) is 1.68. The summed E-state index contributed by atoms with van der Waals surface area (Å²) in [7, 11) is 0. The Morgan fingerprint density at radius 1 is 1.57 bits per heavy atom. The summed E-state index contributed by atoms with van der Waals surface area (Å²) in [5, 5.41) is 0. The van der Waals surface area contributed by atoms with Gasteiger partial charge in [0.05, 0.1) is 12.3 Å². The third-order valence-corrected chi connectivity index (χ3v) is 1.76. The van der Waals surface area contributed by atoms with Crippen LogP contribution in [0, 0.1) is 6.92 Å². The van der Waals surface area contributed by atoms with Crippen molar-refractivity contribution in [2.24, 2.45) is 0 Å². The molecule has 1 aromatic rings. The number of rotatable bonds is 5. The van der Waals surface area contributed by atoms with Gasteiger partial charge in [-0.1, -0.05) is 36.4 Å². The van der Waals surface area contributed by atoms with Crippen molar-refractivity contribution >= 4 is 5.70 Å². The van der Waals surface area contributed by atoms with Gasteiger partial charge in [0.2, 0.25) is 0 Å². The number of benzene rings is 1. The summed E-state index contributed by atoms with van der Waals surface area (Å²) >= 11 is 0. The van der Waals surface area contributed by atoms with Crippen LogP contribution in [-0.2, 0) is 4.84 Å². The third kappa shape index (κ3) is 3.07. The Balaban J connectivity index is 2.56. The minimum Gasteiger partial charge on any atom is -0.272 e. The van der Waals surface area contributed by atoms with Gasteiger partial charge < -0.3 is 0 Å². The van der Waals surface area contributed by atoms with E-state index >= 15 is 0 Å². The standard InChI is InChI=1S/C12H15NO/c1-4-8-14-13-11(3)12-7-5-6-10(2)9-12/h4-7,9,13H,1,3,8H2,2H3. The molecule has 0 atom stereocenters. The molecule has 0 amide bonds. The van der Waals surface area contributed by atoms with E-state index in [1.54, 1.807) is 6.08 Å². The molecule has 0 aromatic heterocycles. The SMILES string of the molecule is C=CCONC(=C)c1cccc(C)c1. The maximum absolute atomic E-state index is 5.07. The molecule has 0 bridgehead atoms. The number of hydrogen-bond donors (Lipinski definition) is 1. The summed E-state index contributed by atoms with van der Waals surface area (Å²) in [6, 6.07) is 8.07. The van der Waals surface area contributed by atoms with Crippen molar-refractivity contribution in [3.8, 4) is 0 Å². The van der Waals surface area contributed by atoms with Crippen LogP contribution in [0.1, 0.15) is 11.1 Å². The van der Waals surface area contributed by atoms with Crippen molar-refractivity contribution < 1.29 is 4.84 Å². The van der Waals surface area contributed by atoms with Crippen LogP contribution < -0.4 is 5.48 Å². The van der Waals surface area contributed by atoms with Gasteiger partial charge in [-0.25, -0.2) is 0 Å². The van der Waals surface area contributed by atoms with E-state index in [9.17, 15) is 0 Å². The Kier molecular flexibility index (Phi) is 3.95. The summed E-state index contributed by atoms with van der Waals surface area (Å²) in [4.78, 5) is 5.07. The molecule has 0 aliphatic rings. The van der Waals surface area contributed by atoms with E-state index in [2.05, 4.69) is 18.6 Å².